The molecule has 0 spiro atoms. The number of rotatable bonds is 4. The van der Waals surface area contributed by atoms with Crippen molar-refractivity contribution >= 4 is 23.2 Å². The van der Waals surface area contributed by atoms with Crippen LogP contribution in [0, 0.1) is 10.1 Å². The number of fused-ring (bicyclic) bond motifs is 1. The van der Waals surface area contributed by atoms with E-state index in [4.69, 9.17) is 4.74 Å². The van der Waals surface area contributed by atoms with Gasteiger partial charge in [-0.25, -0.2) is 4.90 Å². The number of hydrogen-bond donors (Lipinski definition) is 0. The van der Waals surface area contributed by atoms with Gasteiger partial charge in [0.2, 0.25) is 5.91 Å². The number of benzene rings is 2. The summed E-state index contributed by atoms with van der Waals surface area (Å²) in [6, 6.07) is 10.8. The monoisotopic (exact) mass is 326 g/mol. The number of imide groups is 1. The fourth-order valence-corrected chi connectivity index (χ4v) is 2.70. The van der Waals surface area contributed by atoms with Crippen LogP contribution >= 0.6 is 0 Å². The standard InChI is InChI=1S/C17H14N2O5/c1-2-24-12-7-8-14(15(10-12)19(22)23)18-16(20)9-11-5-3-4-6-13(11)17(18)21/h3-8,10H,2,9H2,1H3. The molecule has 7 heteroatoms. The average Bonchev–Trinajstić information content (AvgIpc) is 2.56. The molecule has 0 fully saturated rings. The zero-order valence-corrected chi connectivity index (χ0v) is 12.9. The van der Waals surface area contributed by atoms with E-state index in [1.165, 1.54) is 18.2 Å². The zero-order valence-electron chi connectivity index (χ0n) is 12.9. The van der Waals surface area contributed by atoms with Gasteiger partial charge in [-0.05, 0) is 30.7 Å². The van der Waals surface area contributed by atoms with Gasteiger partial charge in [0.25, 0.3) is 11.6 Å². The molecule has 0 saturated carbocycles. The summed E-state index contributed by atoms with van der Waals surface area (Å²) in [5.41, 5.74) is 0.604. The summed E-state index contributed by atoms with van der Waals surface area (Å²) in [5, 5.41) is 11.4. The molecular weight excluding hydrogens is 312 g/mol. The van der Waals surface area contributed by atoms with Gasteiger partial charge >= 0.3 is 0 Å². The molecule has 0 saturated heterocycles. The first kappa shape index (κ1) is 15.7. The average molecular weight is 326 g/mol. The molecule has 0 atom stereocenters. The maximum Gasteiger partial charge on any atom is 0.297 e. The smallest absolute Gasteiger partial charge is 0.297 e. The lowest BCUT2D eigenvalue weighted by molar-refractivity contribution is -0.384. The van der Waals surface area contributed by atoms with E-state index in [2.05, 4.69) is 0 Å². The van der Waals surface area contributed by atoms with Crippen molar-refractivity contribution in [1.29, 1.82) is 0 Å². The van der Waals surface area contributed by atoms with Crippen molar-refractivity contribution in [1.82, 2.24) is 0 Å². The topological polar surface area (TPSA) is 89.8 Å². The van der Waals surface area contributed by atoms with Gasteiger partial charge in [0.05, 0.1) is 24.0 Å². The zero-order chi connectivity index (χ0) is 17.3. The lowest BCUT2D eigenvalue weighted by Gasteiger charge is -2.26. The van der Waals surface area contributed by atoms with Crippen molar-refractivity contribution in [2.24, 2.45) is 0 Å². The molecule has 2 aromatic rings. The summed E-state index contributed by atoms with van der Waals surface area (Å²) in [6.45, 7) is 2.11. The van der Waals surface area contributed by atoms with Crippen LogP contribution in [0.5, 0.6) is 5.75 Å². The summed E-state index contributed by atoms with van der Waals surface area (Å²) in [4.78, 5) is 36.7. The van der Waals surface area contributed by atoms with E-state index in [0.29, 0.717) is 23.5 Å². The van der Waals surface area contributed by atoms with E-state index in [1.54, 1.807) is 31.2 Å². The number of ether oxygens (including phenoxy) is 1. The number of nitro groups is 1. The van der Waals surface area contributed by atoms with Crippen LogP contribution in [0.15, 0.2) is 42.5 Å². The normalized spacial score (nSPS) is 13.6. The van der Waals surface area contributed by atoms with E-state index in [1.807, 2.05) is 0 Å². The summed E-state index contributed by atoms with van der Waals surface area (Å²) >= 11 is 0. The van der Waals surface area contributed by atoms with E-state index < -0.39 is 16.7 Å². The van der Waals surface area contributed by atoms with Crippen LogP contribution in [-0.4, -0.2) is 23.3 Å². The fraction of sp³-hybridized carbons (Fsp3) is 0.176. The Morgan fingerprint density at radius 1 is 1.21 bits per heavy atom. The highest BCUT2D eigenvalue weighted by Gasteiger charge is 2.35. The van der Waals surface area contributed by atoms with Crippen molar-refractivity contribution < 1.29 is 19.2 Å². The van der Waals surface area contributed by atoms with Gasteiger partial charge in [0.15, 0.2) is 0 Å². The Bertz CT molecular complexity index is 847. The number of nitrogens with zero attached hydrogens (tertiary/aromatic N) is 2. The van der Waals surface area contributed by atoms with Crippen molar-refractivity contribution in [3.63, 3.8) is 0 Å². The minimum absolute atomic E-state index is 0.0201. The van der Waals surface area contributed by atoms with E-state index in [-0.39, 0.29) is 17.8 Å². The summed E-state index contributed by atoms with van der Waals surface area (Å²) < 4.78 is 5.26. The largest absolute Gasteiger partial charge is 0.494 e. The molecule has 1 aliphatic heterocycles. The highest BCUT2D eigenvalue weighted by Crippen LogP contribution is 2.35. The number of carbonyl (C=O) groups is 2. The predicted molar refractivity (Wildman–Crippen MR) is 86.2 cm³/mol. The molecule has 0 bridgehead atoms. The number of carbonyl (C=O) groups excluding carboxylic acids is 2. The summed E-state index contributed by atoms with van der Waals surface area (Å²) in [5.74, 6) is -0.745. The minimum Gasteiger partial charge on any atom is -0.494 e. The lowest BCUT2D eigenvalue weighted by atomic mass is 9.98. The van der Waals surface area contributed by atoms with Crippen LogP contribution < -0.4 is 9.64 Å². The minimum atomic E-state index is -0.626. The first-order valence-corrected chi connectivity index (χ1v) is 7.39. The van der Waals surface area contributed by atoms with Gasteiger partial charge in [-0.1, -0.05) is 18.2 Å². The van der Waals surface area contributed by atoms with Gasteiger partial charge in [-0.3, -0.25) is 19.7 Å². The molecule has 7 nitrogen and oxygen atoms in total. The quantitative estimate of drug-likeness (QED) is 0.489. The van der Waals surface area contributed by atoms with Crippen LogP contribution in [0.25, 0.3) is 0 Å². The van der Waals surface area contributed by atoms with Crippen LogP contribution in [0.3, 0.4) is 0 Å². The SMILES string of the molecule is CCOc1ccc(N2C(=O)Cc3ccccc3C2=O)c([N+](=O)[O-])c1. The number of nitro benzene ring substituents is 1. The molecule has 3 rings (SSSR count). The van der Waals surface area contributed by atoms with Gasteiger partial charge < -0.3 is 4.74 Å². The third-order valence-electron chi connectivity index (χ3n) is 3.74. The van der Waals surface area contributed by atoms with Crippen LogP contribution in [0.2, 0.25) is 0 Å². The molecule has 0 aromatic heterocycles. The van der Waals surface area contributed by atoms with Crippen molar-refractivity contribution in [3.8, 4) is 5.75 Å². The molecule has 0 radical (unpaired) electrons. The molecule has 2 amide bonds. The molecule has 0 unspecified atom stereocenters. The second-order valence-electron chi connectivity index (χ2n) is 5.21. The first-order valence-electron chi connectivity index (χ1n) is 7.39. The molecule has 0 aliphatic carbocycles. The van der Waals surface area contributed by atoms with Crippen LogP contribution in [0.4, 0.5) is 11.4 Å². The number of hydrogen-bond acceptors (Lipinski definition) is 5. The van der Waals surface area contributed by atoms with E-state index >= 15 is 0 Å². The Hall–Kier alpha value is -3.22. The maximum absolute atomic E-state index is 12.7. The lowest BCUT2D eigenvalue weighted by Crippen LogP contribution is -2.42. The Kier molecular flexibility index (Phi) is 3.99. The molecule has 2 aromatic carbocycles. The maximum atomic E-state index is 12.7. The van der Waals surface area contributed by atoms with Crippen molar-refractivity contribution in [2.45, 2.75) is 13.3 Å². The van der Waals surface area contributed by atoms with Gasteiger partial charge in [0, 0.05) is 5.56 Å². The Balaban J connectivity index is 2.10. The summed E-state index contributed by atoms with van der Waals surface area (Å²) in [6.07, 6.45) is 0.0201. The molecular formula is C17H14N2O5. The Morgan fingerprint density at radius 3 is 2.67 bits per heavy atom. The van der Waals surface area contributed by atoms with Crippen molar-refractivity contribution in [2.75, 3.05) is 11.5 Å². The molecule has 122 valence electrons. The third kappa shape index (κ3) is 2.60. The third-order valence-corrected chi connectivity index (χ3v) is 3.74. The van der Waals surface area contributed by atoms with Gasteiger partial charge in [-0.2, -0.15) is 0 Å². The molecule has 1 heterocycles. The summed E-state index contributed by atoms with van der Waals surface area (Å²) in [7, 11) is 0. The molecule has 1 aliphatic rings. The fourth-order valence-electron chi connectivity index (χ4n) is 2.70. The number of amides is 2. The van der Waals surface area contributed by atoms with Gasteiger partial charge in [-0.15, -0.1) is 0 Å². The van der Waals surface area contributed by atoms with Crippen molar-refractivity contribution in [3.05, 3.63) is 63.7 Å². The molecule has 0 N–H and O–H groups in total. The second-order valence-corrected chi connectivity index (χ2v) is 5.21. The molecule has 24 heavy (non-hydrogen) atoms. The Labute approximate surface area is 137 Å². The van der Waals surface area contributed by atoms with Gasteiger partial charge in [0.1, 0.15) is 11.4 Å². The van der Waals surface area contributed by atoms with E-state index in [0.717, 1.165) is 4.90 Å². The predicted octanol–water partition coefficient (Wildman–Crippen LogP) is 2.72. The highest BCUT2D eigenvalue weighted by molar-refractivity contribution is 6.25. The van der Waals surface area contributed by atoms with Crippen LogP contribution in [-0.2, 0) is 11.2 Å². The van der Waals surface area contributed by atoms with Crippen LogP contribution in [0.1, 0.15) is 22.8 Å². The highest BCUT2D eigenvalue weighted by atomic mass is 16.6. The first-order chi connectivity index (χ1) is 11.5. The second kappa shape index (κ2) is 6.11. The Morgan fingerprint density at radius 2 is 1.96 bits per heavy atom. The van der Waals surface area contributed by atoms with E-state index in [9.17, 15) is 19.7 Å². The number of anilines is 1.